The summed E-state index contributed by atoms with van der Waals surface area (Å²) in [6, 6.07) is 4.53. The van der Waals surface area contributed by atoms with Gasteiger partial charge in [0.15, 0.2) is 11.5 Å². The summed E-state index contributed by atoms with van der Waals surface area (Å²) in [5.41, 5.74) is 7.70. The highest BCUT2D eigenvalue weighted by Gasteiger charge is 2.02. The molecule has 0 atom stereocenters. The Morgan fingerprint density at radius 1 is 1.38 bits per heavy atom. The molecule has 0 saturated heterocycles. The molecule has 0 spiro atoms. The molecule has 1 rings (SSSR count). The van der Waals surface area contributed by atoms with Crippen molar-refractivity contribution in [3.05, 3.63) is 23.8 Å². The summed E-state index contributed by atoms with van der Waals surface area (Å²) < 4.78 is 10.2. The van der Waals surface area contributed by atoms with Gasteiger partial charge in [0.1, 0.15) is 0 Å². The number of nitrogens with one attached hydrogen (secondary N) is 1. The van der Waals surface area contributed by atoms with Crippen molar-refractivity contribution in [3.63, 3.8) is 0 Å². The number of methoxy groups -OCH3 is 2. The van der Waals surface area contributed by atoms with Gasteiger partial charge in [0.2, 0.25) is 0 Å². The van der Waals surface area contributed by atoms with Crippen molar-refractivity contribution in [3.8, 4) is 11.5 Å². The maximum Gasteiger partial charge on any atom is 0.332 e. The van der Waals surface area contributed by atoms with Crippen molar-refractivity contribution < 1.29 is 14.3 Å². The SMILES string of the molecule is COc1ccc(C=NNC(N)=O)cc1OC. The Balaban J connectivity index is 2.82. The standard InChI is InChI=1S/C10H13N3O3/c1-15-8-4-3-7(5-9(8)16-2)6-12-13-10(11)14/h3-6H,1-2H3,(H3,11,13,14). The van der Waals surface area contributed by atoms with Gasteiger partial charge in [0, 0.05) is 0 Å². The highest BCUT2D eigenvalue weighted by molar-refractivity contribution is 5.82. The van der Waals surface area contributed by atoms with E-state index in [9.17, 15) is 4.79 Å². The number of hydrogen-bond donors (Lipinski definition) is 2. The van der Waals surface area contributed by atoms with Crippen LogP contribution < -0.4 is 20.6 Å². The molecule has 16 heavy (non-hydrogen) atoms. The van der Waals surface area contributed by atoms with Crippen LogP contribution in [-0.4, -0.2) is 26.5 Å². The van der Waals surface area contributed by atoms with Crippen molar-refractivity contribution in [2.75, 3.05) is 14.2 Å². The fourth-order valence-electron chi connectivity index (χ4n) is 1.10. The van der Waals surface area contributed by atoms with E-state index < -0.39 is 6.03 Å². The van der Waals surface area contributed by atoms with E-state index in [1.54, 1.807) is 32.4 Å². The first-order valence-corrected chi connectivity index (χ1v) is 4.48. The smallest absolute Gasteiger partial charge is 0.332 e. The molecule has 6 heteroatoms. The zero-order chi connectivity index (χ0) is 12.0. The lowest BCUT2D eigenvalue weighted by Crippen LogP contribution is -2.24. The third-order valence-electron chi connectivity index (χ3n) is 1.80. The molecule has 0 unspecified atom stereocenters. The van der Waals surface area contributed by atoms with Gasteiger partial charge in [-0.05, 0) is 23.8 Å². The van der Waals surface area contributed by atoms with Gasteiger partial charge >= 0.3 is 6.03 Å². The van der Waals surface area contributed by atoms with Gasteiger partial charge in [-0.15, -0.1) is 0 Å². The number of benzene rings is 1. The number of carbonyl (C=O) groups excluding carboxylic acids is 1. The second kappa shape index (κ2) is 5.59. The van der Waals surface area contributed by atoms with E-state index in [1.807, 2.05) is 0 Å². The van der Waals surface area contributed by atoms with Crippen LogP contribution in [0.1, 0.15) is 5.56 Å². The average Bonchev–Trinajstić information content (AvgIpc) is 2.28. The molecule has 3 N–H and O–H groups in total. The molecule has 86 valence electrons. The van der Waals surface area contributed by atoms with Gasteiger partial charge in [0.05, 0.1) is 20.4 Å². The van der Waals surface area contributed by atoms with Crippen molar-refractivity contribution in [1.82, 2.24) is 5.43 Å². The summed E-state index contributed by atoms with van der Waals surface area (Å²) in [6.45, 7) is 0. The monoisotopic (exact) mass is 223 g/mol. The minimum absolute atomic E-state index is 0.588. The van der Waals surface area contributed by atoms with Crippen LogP contribution >= 0.6 is 0 Å². The number of urea groups is 1. The molecule has 0 saturated carbocycles. The van der Waals surface area contributed by atoms with Gasteiger partial charge in [0.25, 0.3) is 0 Å². The lowest BCUT2D eigenvalue weighted by atomic mass is 10.2. The number of nitrogens with zero attached hydrogens (tertiary/aromatic N) is 1. The maximum atomic E-state index is 10.4. The fraction of sp³-hybridized carbons (Fsp3) is 0.200. The van der Waals surface area contributed by atoms with E-state index in [1.165, 1.54) is 6.21 Å². The molecule has 0 aliphatic heterocycles. The van der Waals surface area contributed by atoms with E-state index in [-0.39, 0.29) is 0 Å². The molecule has 2 amide bonds. The number of carbonyl (C=O) groups is 1. The van der Waals surface area contributed by atoms with Crippen LogP contribution in [0.4, 0.5) is 4.79 Å². The van der Waals surface area contributed by atoms with Crippen LogP contribution in [0.15, 0.2) is 23.3 Å². The lowest BCUT2D eigenvalue weighted by molar-refractivity contribution is 0.249. The molecule has 0 aliphatic rings. The van der Waals surface area contributed by atoms with E-state index >= 15 is 0 Å². The summed E-state index contributed by atoms with van der Waals surface area (Å²) in [4.78, 5) is 10.4. The minimum Gasteiger partial charge on any atom is -0.493 e. The molecule has 0 aliphatic carbocycles. The molecule has 1 aromatic rings. The second-order valence-corrected chi connectivity index (χ2v) is 2.85. The summed E-state index contributed by atoms with van der Waals surface area (Å²) in [6.07, 6.45) is 1.45. The van der Waals surface area contributed by atoms with Gasteiger partial charge < -0.3 is 15.2 Å². The van der Waals surface area contributed by atoms with Crippen molar-refractivity contribution >= 4 is 12.2 Å². The Kier molecular flexibility index (Phi) is 4.14. The highest BCUT2D eigenvalue weighted by Crippen LogP contribution is 2.26. The van der Waals surface area contributed by atoms with Crippen LogP contribution in [0.2, 0.25) is 0 Å². The molecule has 0 bridgehead atoms. The third kappa shape index (κ3) is 3.16. The molecule has 0 aromatic heterocycles. The Morgan fingerprint density at radius 2 is 2.06 bits per heavy atom. The van der Waals surface area contributed by atoms with Crippen LogP contribution in [0.5, 0.6) is 11.5 Å². The number of primary amides is 1. The number of hydrazone groups is 1. The number of rotatable bonds is 4. The third-order valence-corrected chi connectivity index (χ3v) is 1.80. The summed E-state index contributed by atoms with van der Waals surface area (Å²) >= 11 is 0. The summed E-state index contributed by atoms with van der Waals surface area (Å²) in [5, 5.41) is 3.63. The number of nitrogens with two attached hydrogens (primary N) is 1. The Morgan fingerprint density at radius 3 is 2.62 bits per heavy atom. The van der Waals surface area contributed by atoms with Gasteiger partial charge in [-0.2, -0.15) is 5.10 Å². The van der Waals surface area contributed by atoms with E-state index in [4.69, 9.17) is 15.2 Å². The molecular formula is C10H13N3O3. The topological polar surface area (TPSA) is 85.9 Å². The summed E-state index contributed by atoms with van der Waals surface area (Å²) in [5.74, 6) is 1.22. The van der Waals surface area contributed by atoms with Crippen molar-refractivity contribution in [2.45, 2.75) is 0 Å². The van der Waals surface area contributed by atoms with E-state index in [2.05, 4.69) is 10.5 Å². The molecule has 0 heterocycles. The predicted molar refractivity (Wildman–Crippen MR) is 59.9 cm³/mol. The zero-order valence-electron chi connectivity index (χ0n) is 9.06. The maximum absolute atomic E-state index is 10.4. The number of hydrogen-bond acceptors (Lipinski definition) is 4. The first-order valence-electron chi connectivity index (χ1n) is 4.48. The lowest BCUT2D eigenvalue weighted by Gasteiger charge is -2.07. The van der Waals surface area contributed by atoms with Gasteiger partial charge in [-0.1, -0.05) is 0 Å². The van der Waals surface area contributed by atoms with Crippen molar-refractivity contribution in [2.24, 2.45) is 10.8 Å². The van der Waals surface area contributed by atoms with E-state index in [0.29, 0.717) is 11.5 Å². The predicted octanol–water partition coefficient (Wildman–Crippen LogP) is 0.706. The van der Waals surface area contributed by atoms with Crippen LogP contribution in [0, 0.1) is 0 Å². The largest absolute Gasteiger partial charge is 0.493 e. The molecule has 0 radical (unpaired) electrons. The van der Waals surface area contributed by atoms with Gasteiger partial charge in [-0.3, -0.25) is 0 Å². The second-order valence-electron chi connectivity index (χ2n) is 2.85. The molecular weight excluding hydrogens is 210 g/mol. The quantitative estimate of drug-likeness (QED) is 0.582. The molecule has 0 fully saturated rings. The highest BCUT2D eigenvalue weighted by atomic mass is 16.5. The van der Waals surface area contributed by atoms with Crippen LogP contribution in [-0.2, 0) is 0 Å². The summed E-state index contributed by atoms with van der Waals surface area (Å²) in [7, 11) is 3.10. The van der Waals surface area contributed by atoms with E-state index in [0.717, 1.165) is 5.56 Å². The Labute approximate surface area is 93.0 Å². The molecule has 1 aromatic carbocycles. The normalized spacial score (nSPS) is 10.1. The van der Waals surface area contributed by atoms with Crippen molar-refractivity contribution in [1.29, 1.82) is 0 Å². The Bertz CT molecular complexity index is 404. The first-order chi connectivity index (χ1) is 7.67. The fourth-order valence-corrected chi connectivity index (χ4v) is 1.10. The number of ether oxygens (including phenoxy) is 2. The first kappa shape index (κ1) is 11.8. The van der Waals surface area contributed by atoms with Crippen LogP contribution in [0.3, 0.4) is 0 Å². The van der Waals surface area contributed by atoms with Crippen LogP contribution in [0.25, 0.3) is 0 Å². The van der Waals surface area contributed by atoms with Gasteiger partial charge in [-0.25, -0.2) is 10.2 Å². The number of amides is 2. The molecule has 6 nitrogen and oxygen atoms in total. The Hall–Kier alpha value is -2.24. The zero-order valence-corrected chi connectivity index (χ0v) is 9.06. The minimum atomic E-state index is -0.711. The average molecular weight is 223 g/mol.